The second-order valence-electron chi connectivity index (χ2n) is 4.21. The molecule has 6 heteroatoms. The van der Waals surface area contributed by atoms with Crippen LogP contribution >= 0.6 is 0 Å². The third-order valence-electron chi connectivity index (χ3n) is 2.66. The Kier molecular flexibility index (Phi) is 6.52. The van der Waals surface area contributed by atoms with Crippen LogP contribution in [0.25, 0.3) is 0 Å². The minimum atomic E-state index is -1.23. The highest BCUT2D eigenvalue weighted by Gasteiger charge is 2.18. The van der Waals surface area contributed by atoms with Gasteiger partial charge in [-0.15, -0.1) is 0 Å². The van der Waals surface area contributed by atoms with E-state index in [1.165, 1.54) is 0 Å². The van der Waals surface area contributed by atoms with Crippen LogP contribution in [0.5, 0.6) is 0 Å². The van der Waals surface area contributed by atoms with Gasteiger partial charge in [-0.05, 0) is 6.42 Å². The van der Waals surface area contributed by atoms with Gasteiger partial charge in [-0.1, -0.05) is 6.07 Å². The first-order chi connectivity index (χ1) is 9.13. The summed E-state index contributed by atoms with van der Waals surface area (Å²) in [5.74, 6) is -1.57. The smallest absolute Gasteiger partial charge is 0.328 e. The van der Waals surface area contributed by atoms with Crippen LogP contribution in [0.4, 0.5) is 0 Å². The number of nitrogens with one attached hydrogen (secondary N) is 1. The zero-order chi connectivity index (χ0) is 14.1. The van der Waals surface area contributed by atoms with Gasteiger partial charge in [0.15, 0.2) is 12.4 Å². The fraction of sp³-hybridized carbons (Fsp3) is 0.462. The molecule has 0 aliphatic rings. The van der Waals surface area contributed by atoms with Crippen molar-refractivity contribution in [2.75, 3.05) is 6.61 Å². The Bertz CT molecular complexity index is 408. The fourth-order valence-electron chi connectivity index (χ4n) is 1.62. The maximum absolute atomic E-state index is 11.4. The first kappa shape index (κ1) is 15.1. The van der Waals surface area contributed by atoms with Gasteiger partial charge in [0.25, 0.3) is 0 Å². The summed E-state index contributed by atoms with van der Waals surface area (Å²) in [6, 6.07) is 4.60. The van der Waals surface area contributed by atoms with Gasteiger partial charge in [0, 0.05) is 25.0 Å². The number of hydrogen-bond donors (Lipinski definition) is 3. The van der Waals surface area contributed by atoms with E-state index in [1.54, 1.807) is 0 Å². The molecule has 104 valence electrons. The van der Waals surface area contributed by atoms with Crippen LogP contribution in [0.1, 0.15) is 19.3 Å². The molecular formula is C13H19N2O4+. The molecule has 0 aliphatic heterocycles. The predicted octanol–water partition coefficient (Wildman–Crippen LogP) is -0.294. The molecule has 1 aromatic rings. The van der Waals surface area contributed by atoms with E-state index in [2.05, 4.69) is 5.32 Å². The Hall–Kier alpha value is -1.95. The molecule has 1 amide bonds. The van der Waals surface area contributed by atoms with E-state index in [-0.39, 0.29) is 12.3 Å². The SMILES string of the molecule is O=C(CCCC[n+]1ccccc1)NC(CO)C(=O)O. The molecule has 0 aromatic carbocycles. The third kappa shape index (κ3) is 5.96. The lowest BCUT2D eigenvalue weighted by Gasteiger charge is -2.10. The molecule has 0 radical (unpaired) electrons. The van der Waals surface area contributed by atoms with Gasteiger partial charge in [-0.3, -0.25) is 4.79 Å². The minimum Gasteiger partial charge on any atom is -0.480 e. The number of carbonyl (C=O) groups excluding carboxylic acids is 1. The highest BCUT2D eigenvalue weighted by atomic mass is 16.4. The second kappa shape index (κ2) is 8.20. The summed E-state index contributed by atoms with van der Waals surface area (Å²) >= 11 is 0. The standard InChI is InChI=1S/C13H18N2O4/c16-10-11(13(18)19)14-12(17)6-2-5-9-15-7-3-1-4-8-15/h1,3-4,7-8,11,16H,2,5-6,9-10H2,(H-,14,17,18,19)/p+1. The van der Waals surface area contributed by atoms with Crippen molar-refractivity contribution >= 4 is 11.9 Å². The lowest BCUT2D eigenvalue weighted by Crippen LogP contribution is -2.43. The molecule has 0 saturated heterocycles. The van der Waals surface area contributed by atoms with Gasteiger partial charge in [0.2, 0.25) is 5.91 Å². The van der Waals surface area contributed by atoms with Crippen molar-refractivity contribution in [3.63, 3.8) is 0 Å². The van der Waals surface area contributed by atoms with Crippen LogP contribution in [0.3, 0.4) is 0 Å². The van der Waals surface area contributed by atoms with Crippen molar-refractivity contribution < 1.29 is 24.4 Å². The summed E-state index contributed by atoms with van der Waals surface area (Å²) in [5.41, 5.74) is 0. The lowest BCUT2D eigenvalue weighted by atomic mass is 10.2. The number of rotatable bonds is 8. The van der Waals surface area contributed by atoms with Crippen molar-refractivity contribution in [1.82, 2.24) is 5.32 Å². The number of hydrogen-bond acceptors (Lipinski definition) is 3. The highest BCUT2D eigenvalue weighted by molar-refractivity contribution is 5.83. The summed E-state index contributed by atoms with van der Waals surface area (Å²) in [6.45, 7) is 0.220. The molecule has 1 unspecified atom stereocenters. The fourth-order valence-corrected chi connectivity index (χ4v) is 1.62. The minimum absolute atomic E-state index is 0.261. The largest absolute Gasteiger partial charge is 0.480 e. The number of aromatic nitrogens is 1. The Balaban J connectivity index is 2.19. The predicted molar refractivity (Wildman–Crippen MR) is 67.1 cm³/mol. The quantitative estimate of drug-likeness (QED) is 0.446. The summed E-state index contributed by atoms with van der Waals surface area (Å²) in [4.78, 5) is 22.0. The van der Waals surface area contributed by atoms with E-state index in [0.717, 1.165) is 13.0 Å². The van der Waals surface area contributed by atoms with Gasteiger partial charge < -0.3 is 15.5 Å². The van der Waals surface area contributed by atoms with E-state index < -0.39 is 18.6 Å². The number of pyridine rings is 1. The first-order valence-electron chi connectivity index (χ1n) is 6.20. The Morgan fingerprint density at radius 3 is 2.42 bits per heavy atom. The molecule has 3 N–H and O–H groups in total. The van der Waals surface area contributed by atoms with E-state index in [4.69, 9.17) is 10.2 Å². The normalized spacial score (nSPS) is 11.8. The zero-order valence-electron chi connectivity index (χ0n) is 10.7. The summed E-state index contributed by atoms with van der Waals surface area (Å²) in [7, 11) is 0. The number of nitrogens with zero attached hydrogens (tertiary/aromatic N) is 1. The maximum atomic E-state index is 11.4. The van der Waals surface area contributed by atoms with Crippen molar-refractivity contribution in [2.24, 2.45) is 0 Å². The van der Waals surface area contributed by atoms with Gasteiger partial charge in [0.05, 0.1) is 6.61 Å². The van der Waals surface area contributed by atoms with Crippen molar-refractivity contribution in [3.05, 3.63) is 30.6 Å². The molecule has 0 bridgehead atoms. The number of carbonyl (C=O) groups is 2. The average Bonchev–Trinajstić information content (AvgIpc) is 2.42. The van der Waals surface area contributed by atoms with Crippen LogP contribution in [0, 0.1) is 0 Å². The molecule has 1 rings (SSSR count). The van der Waals surface area contributed by atoms with E-state index >= 15 is 0 Å². The number of amides is 1. The van der Waals surface area contributed by atoms with Crippen molar-refractivity contribution in [3.8, 4) is 0 Å². The second-order valence-corrected chi connectivity index (χ2v) is 4.21. The Labute approximate surface area is 111 Å². The third-order valence-corrected chi connectivity index (χ3v) is 2.66. The average molecular weight is 267 g/mol. The molecule has 1 aromatic heterocycles. The number of unbranched alkanes of at least 4 members (excludes halogenated alkanes) is 1. The van der Waals surface area contributed by atoms with Crippen molar-refractivity contribution in [1.29, 1.82) is 0 Å². The van der Waals surface area contributed by atoms with Crippen LogP contribution in [-0.4, -0.2) is 34.7 Å². The van der Waals surface area contributed by atoms with E-state index in [1.807, 2.05) is 35.2 Å². The number of aliphatic hydroxyl groups excluding tert-OH is 1. The first-order valence-corrected chi connectivity index (χ1v) is 6.20. The summed E-state index contributed by atoms with van der Waals surface area (Å²) in [6.07, 6.45) is 5.67. The number of aliphatic carboxylic acids is 1. The van der Waals surface area contributed by atoms with Gasteiger partial charge >= 0.3 is 5.97 Å². The molecule has 1 heterocycles. The topological polar surface area (TPSA) is 90.5 Å². The molecule has 19 heavy (non-hydrogen) atoms. The molecule has 1 atom stereocenters. The van der Waals surface area contributed by atoms with Gasteiger partial charge in [-0.2, -0.15) is 0 Å². The van der Waals surface area contributed by atoms with Crippen LogP contribution < -0.4 is 9.88 Å². The molecule has 0 spiro atoms. The highest BCUT2D eigenvalue weighted by Crippen LogP contribution is 1.96. The molecular weight excluding hydrogens is 248 g/mol. The number of carboxylic acid groups (broad SMARTS) is 1. The summed E-state index contributed by atoms with van der Waals surface area (Å²) in [5, 5.41) is 19.7. The number of aliphatic hydroxyl groups is 1. The van der Waals surface area contributed by atoms with Gasteiger partial charge in [-0.25, -0.2) is 9.36 Å². The summed E-state index contributed by atoms with van der Waals surface area (Å²) < 4.78 is 2.02. The van der Waals surface area contributed by atoms with E-state index in [0.29, 0.717) is 6.42 Å². The van der Waals surface area contributed by atoms with E-state index in [9.17, 15) is 9.59 Å². The zero-order valence-corrected chi connectivity index (χ0v) is 10.7. The number of carboxylic acids is 1. The Morgan fingerprint density at radius 2 is 1.84 bits per heavy atom. The van der Waals surface area contributed by atoms with Crippen LogP contribution in [0.2, 0.25) is 0 Å². The van der Waals surface area contributed by atoms with Gasteiger partial charge in [0.1, 0.15) is 12.6 Å². The van der Waals surface area contributed by atoms with Crippen LogP contribution in [-0.2, 0) is 16.1 Å². The number of aryl methyl sites for hydroxylation is 1. The molecule has 0 aliphatic carbocycles. The molecule has 0 saturated carbocycles. The molecule has 0 fully saturated rings. The maximum Gasteiger partial charge on any atom is 0.328 e. The Morgan fingerprint density at radius 1 is 1.16 bits per heavy atom. The lowest BCUT2D eigenvalue weighted by molar-refractivity contribution is -0.697. The van der Waals surface area contributed by atoms with Crippen molar-refractivity contribution in [2.45, 2.75) is 31.8 Å². The molecule has 6 nitrogen and oxygen atoms in total. The van der Waals surface area contributed by atoms with Crippen LogP contribution in [0.15, 0.2) is 30.6 Å². The monoisotopic (exact) mass is 267 g/mol.